The molecule has 5 aliphatic rings. The fourth-order valence-electron chi connectivity index (χ4n) is 11.6. The van der Waals surface area contributed by atoms with Gasteiger partial charge in [0.2, 0.25) is 10.9 Å². The van der Waals surface area contributed by atoms with Crippen molar-refractivity contribution in [3.8, 4) is 17.6 Å². The van der Waals surface area contributed by atoms with Crippen LogP contribution >= 0.6 is 0 Å². The van der Waals surface area contributed by atoms with E-state index in [-0.39, 0.29) is 105 Å². The lowest BCUT2D eigenvalue weighted by Gasteiger charge is -2.48. The molecule has 4 aromatic rings. The van der Waals surface area contributed by atoms with Gasteiger partial charge < -0.3 is 107 Å². The molecule has 125 heavy (non-hydrogen) atoms. The lowest BCUT2D eigenvalue weighted by molar-refractivity contribution is -0.141. The number of hydrogen-bond donors (Lipinski definition) is 13. The zero-order valence-electron chi connectivity index (χ0n) is 79.6. The number of nitriles is 1. The summed E-state index contributed by atoms with van der Waals surface area (Å²) in [4.78, 5) is 102. The maximum Gasteiger partial charge on any atom is 0.320 e. The number of amides is 2. The molecule has 0 bridgehead atoms. The topological polar surface area (TPSA) is 436 Å². The van der Waals surface area contributed by atoms with Gasteiger partial charge >= 0.3 is 5.97 Å². The number of ether oxygens (including phenoxy) is 1. The van der Waals surface area contributed by atoms with Gasteiger partial charge in [0.15, 0.2) is 34.5 Å². The van der Waals surface area contributed by atoms with Crippen molar-refractivity contribution in [3.05, 3.63) is 126 Å². The van der Waals surface area contributed by atoms with Crippen molar-refractivity contribution >= 4 is 37.8 Å². The minimum atomic E-state index is -0.915. The first kappa shape index (κ1) is 124. The van der Waals surface area contributed by atoms with Gasteiger partial charge in [-0.3, -0.25) is 48.3 Å². The van der Waals surface area contributed by atoms with Gasteiger partial charge in [0.05, 0.1) is 43.3 Å². The number of hydrogen-bond acceptors (Lipinski definition) is 27. The average molecular weight is 1780 g/mol. The van der Waals surface area contributed by atoms with Crippen molar-refractivity contribution in [1.82, 2.24) is 69.6 Å². The molecule has 2 amide bonds. The average Bonchev–Trinajstić information content (AvgIpc) is 0.811. The molecule has 2 unspecified atom stereocenters. The lowest BCUT2D eigenvalue weighted by Crippen LogP contribution is -2.62. The van der Waals surface area contributed by atoms with Crippen LogP contribution in [0.25, 0.3) is 0 Å². The number of rotatable bonds is 27. The molecule has 0 aliphatic carbocycles. The van der Waals surface area contributed by atoms with Crippen LogP contribution < -0.4 is 49.3 Å². The normalized spacial score (nSPS) is 17.5. The molecular weight excluding hydrogens is 1620 g/mol. The number of halogens is 4. The van der Waals surface area contributed by atoms with E-state index in [2.05, 4.69) is 97.7 Å². The van der Waals surface area contributed by atoms with Gasteiger partial charge in [0.25, 0.3) is 11.8 Å². The summed E-state index contributed by atoms with van der Waals surface area (Å²) in [6.07, 6.45) is 10.8. The van der Waals surface area contributed by atoms with Crippen molar-refractivity contribution in [2.75, 3.05) is 172 Å². The molecule has 32 nitrogen and oxygen atoms in total. The standard InChI is InChI=1S/2C22H23F2N3O4.C6H16N2.C6H12N2.C6H16N2.2C5H14N2.C5H11NO2.C5H13NO.C4H8O.2CH4O.B/c2*1-12-7-8-27-18(25(12)2)11-26-10-15(20(29)21(30)19(26)22(27)31)17(28)6-4-13-3-5-14(23)9-16(13)24;2*1-6(4-5-7)8(2)3;1-6(8-3)4-5-7-2;2*1-5(7-2)3-4-6;1-4(5(7)8)6(2)3;1-5(4-7)6(2)3;1-2-4-5-3-1;2*1-2;/h2*3,5,9-10,12,18,30H,4,6-8,11H2,1-2H3;6H,4-5,7H2,1-3H3;6H,4H2,1-3H3;6-8H,4-5H2,1-3H3;2*5,7H,3-4,6H2,1-2H3;4H,1-3H3,(H,7,8);5,7H,4H2,1-3H3;1-4H2;2*2H,1H3;/t2*12-,18?;3*6-;2*5-;4-;5-;;;;/m000000000..../s1. The molecule has 2 aromatic heterocycles. The smallest absolute Gasteiger partial charge is 0.320 e. The number of nitrogens with one attached hydrogen (secondary N) is 4. The van der Waals surface area contributed by atoms with E-state index < -0.39 is 75.0 Å². The van der Waals surface area contributed by atoms with E-state index in [0.29, 0.717) is 68.9 Å². The summed E-state index contributed by atoms with van der Waals surface area (Å²) in [7, 11) is 29.1. The second kappa shape index (κ2) is 68.4. The maximum absolute atomic E-state index is 13.8. The molecule has 0 spiro atoms. The number of fused-ring (bicyclic) bond motifs is 4. The number of pyridine rings is 2. The van der Waals surface area contributed by atoms with E-state index in [1.165, 1.54) is 52.9 Å². The van der Waals surface area contributed by atoms with Gasteiger partial charge in [-0.15, -0.1) is 0 Å². The van der Waals surface area contributed by atoms with Crippen LogP contribution in [-0.4, -0.2) is 355 Å². The first-order valence-electron chi connectivity index (χ1n) is 42.4. The Labute approximate surface area is 744 Å². The molecule has 0 saturated carbocycles. The highest BCUT2D eigenvalue weighted by Gasteiger charge is 2.43. The van der Waals surface area contributed by atoms with Gasteiger partial charge in [-0.1, -0.05) is 12.1 Å². The fourth-order valence-corrected chi connectivity index (χ4v) is 11.6. The number of carbonyl (C=O) groups excluding carboxylic acids is 4. The van der Waals surface area contributed by atoms with E-state index in [4.69, 9.17) is 47.6 Å². The number of carboxylic acids is 1. The molecule has 11 atom stereocenters. The van der Waals surface area contributed by atoms with Crippen molar-refractivity contribution in [3.63, 3.8) is 0 Å². The monoisotopic (exact) mass is 1780 g/mol. The summed E-state index contributed by atoms with van der Waals surface area (Å²) in [6.45, 7) is 25.7. The molecule has 7 heterocycles. The first-order valence-corrected chi connectivity index (χ1v) is 42.4. The number of carbonyl (C=O) groups is 5. The molecular formula is C88H158BF4N18O14. The molecule has 3 radical (unpaired) electrons. The number of aromatic nitrogens is 2. The van der Waals surface area contributed by atoms with Crippen LogP contribution in [0.3, 0.4) is 0 Å². The Kier molecular flexibility index (Phi) is 67.7. The molecule has 3 saturated heterocycles. The second-order valence-electron chi connectivity index (χ2n) is 31.8. The first-order chi connectivity index (χ1) is 58.4. The van der Waals surface area contributed by atoms with Crippen LogP contribution in [0.15, 0.2) is 58.4 Å². The zero-order valence-corrected chi connectivity index (χ0v) is 79.6. The van der Waals surface area contributed by atoms with Gasteiger partial charge in [0, 0.05) is 135 Å². The van der Waals surface area contributed by atoms with Crippen LogP contribution in [0.2, 0.25) is 0 Å². The Bertz CT molecular complexity index is 3650. The summed E-state index contributed by atoms with van der Waals surface area (Å²) in [6, 6.07) is 11.5. The summed E-state index contributed by atoms with van der Waals surface area (Å²) in [5.74, 6) is -7.30. The third kappa shape index (κ3) is 45.2. The Morgan fingerprint density at radius 2 is 0.920 bits per heavy atom. The zero-order chi connectivity index (χ0) is 96.0. The predicted octanol–water partition coefficient (Wildman–Crippen LogP) is 5.12. The second-order valence-corrected chi connectivity index (χ2v) is 31.8. The number of ketones is 2. The van der Waals surface area contributed by atoms with E-state index in [0.717, 1.165) is 110 Å². The quantitative estimate of drug-likeness (QED) is 0.0209. The molecule has 715 valence electrons. The van der Waals surface area contributed by atoms with Crippen LogP contribution in [-0.2, 0) is 35.5 Å². The number of carboxylic acid groups (broad SMARTS) is 1. The highest BCUT2D eigenvalue weighted by molar-refractivity contribution is 6.01. The van der Waals surface area contributed by atoms with Crippen LogP contribution in [0.1, 0.15) is 186 Å². The van der Waals surface area contributed by atoms with Crippen molar-refractivity contribution in [2.45, 2.75) is 226 Å². The minimum Gasteiger partial charge on any atom is -0.503 e. The number of aliphatic hydroxyl groups excluding tert-OH is 3. The largest absolute Gasteiger partial charge is 0.503 e. The number of aromatic hydroxyl groups is 2. The molecule has 37 heteroatoms. The van der Waals surface area contributed by atoms with Gasteiger partial charge in [0.1, 0.15) is 41.6 Å². The maximum atomic E-state index is 13.8. The van der Waals surface area contributed by atoms with Crippen molar-refractivity contribution < 1.29 is 76.9 Å². The highest BCUT2D eigenvalue weighted by atomic mass is 19.1. The molecule has 3 fully saturated rings. The van der Waals surface area contributed by atoms with Crippen LogP contribution in [0.4, 0.5) is 17.6 Å². The van der Waals surface area contributed by atoms with Gasteiger partial charge in [-0.25, -0.2) is 17.6 Å². The number of likely N-dealkylation sites (N-methyl/N-ethyl adjacent to an activating group) is 4. The summed E-state index contributed by atoms with van der Waals surface area (Å²) in [5.41, 5.74) is 13.6. The van der Waals surface area contributed by atoms with E-state index in [1.54, 1.807) is 35.7 Å². The molecule has 9 rings (SSSR count). The van der Waals surface area contributed by atoms with Gasteiger partial charge in [-0.05, 0) is 275 Å². The fraction of sp³-hybridized carbons (Fsp3) is 0.682. The van der Waals surface area contributed by atoms with Gasteiger partial charge in [-0.2, -0.15) is 5.26 Å². The van der Waals surface area contributed by atoms with Crippen molar-refractivity contribution in [2.24, 2.45) is 17.2 Å². The third-order valence-corrected chi connectivity index (χ3v) is 22.0. The summed E-state index contributed by atoms with van der Waals surface area (Å²) >= 11 is 0. The SMILES string of the molecule is C1CCOC1.CNCC[C@H](C)NC.CN[C@@H](C)CCN.CN[C@@H](C)CCN.CO.CO.C[C@@H](C(=O)O)N(C)C.C[C@@H](CC#N)N(C)C.C[C@@H](CCN)N(C)C.C[C@@H](CO)N(C)C.C[C@H]1CCN2C(=O)c3c(O)c(=O)c(C(=O)CCc4ccc(F)cc4F)cn3CC2N1C.C[C@H]1CCN2C(=O)c3c(O)c(=O)c(C(=O)CCc4ccc(F)cc4F)cn3CC2N1C.[B]. The number of benzene rings is 2. The molecule has 5 aliphatic heterocycles. The Balaban J connectivity index is -0.000000710. The summed E-state index contributed by atoms with van der Waals surface area (Å²) in [5, 5.41) is 72.3. The van der Waals surface area contributed by atoms with Crippen LogP contribution in [0.5, 0.6) is 11.5 Å². The number of aliphatic hydroxyl groups is 3. The number of aliphatic carboxylic acids is 1. The Morgan fingerprint density at radius 3 is 1.15 bits per heavy atom. The number of Topliss-reactive ketones (excluding diaryl/α,β-unsaturated/α-hetero) is 2. The Morgan fingerprint density at radius 1 is 0.568 bits per heavy atom. The van der Waals surface area contributed by atoms with Crippen LogP contribution in [0, 0.1) is 34.6 Å². The predicted molar refractivity (Wildman–Crippen MR) is 491 cm³/mol. The van der Waals surface area contributed by atoms with E-state index in [9.17, 15) is 61.3 Å². The Hall–Kier alpha value is -7.72. The molecule has 16 N–H and O–H groups in total. The van der Waals surface area contributed by atoms with E-state index in [1.807, 2.05) is 94.1 Å². The number of nitrogens with two attached hydrogens (primary N) is 3. The summed E-state index contributed by atoms with van der Waals surface area (Å²) < 4.78 is 61.7. The van der Waals surface area contributed by atoms with Crippen molar-refractivity contribution in [1.29, 1.82) is 5.26 Å². The lowest BCUT2D eigenvalue weighted by atomic mass is 10.0. The number of nitrogens with zero attached hydrogens (tertiary/aromatic N) is 11. The third-order valence-electron chi connectivity index (χ3n) is 22.0. The highest BCUT2D eigenvalue weighted by Crippen LogP contribution is 2.32. The minimum absolute atomic E-state index is 0. The van der Waals surface area contributed by atoms with E-state index >= 15 is 0 Å². The number of aryl methyl sites for hydroxylation is 2. The molecule has 2 aromatic carbocycles.